The normalized spacial score (nSPS) is 26.6. The van der Waals surface area contributed by atoms with Crippen molar-refractivity contribution in [3.63, 3.8) is 0 Å². The number of carbonyl (C=O) groups excluding carboxylic acids is 3. The summed E-state index contributed by atoms with van der Waals surface area (Å²) >= 11 is 0. The number of nitrogens with zero attached hydrogens (tertiary/aromatic N) is 2. The van der Waals surface area contributed by atoms with E-state index in [1.54, 1.807) is 6.92 Å². The molecule has 0 radical (unpaired) electrons. The van der Waals surface area contributed by atoms with Gasteiger partial charge in [-0.2, -0.15) is 0 Å². The zero-order chi connectivity index (χ0) is 29.7. The van der Waals surface area contributed by atoms with Crippen molar-refractivity contribution in [2.45, 2.75) is 162 Å². The Balaban J connectivity index is 0.000000426. The molecule has 4 fully saturated rings. The molecule has 0 heterocycles. The van der Waals surface area contributed by atoms with Crippen molar-refractivity contribution >= 4 is 17.6 Å². The van der Waals surface area contributed by atoms with Crippen LogP contribution < -0.4 is 0 Å². The van der Waals surface area contributed by atoms with E-state index in [0.717, 1.165) is 37.5 Å². The maximum Gasteiger partial charge on any atom is 0.225 e. The van der Waals surface area contributed by atoms with E-state index in [9.17, 15) is 14.4 Å². The van der Waals surface area contributed by atoms with E-state index in [-0.39, 0.29) is 35.4 Å². The first-order chi connectivity index (χ1) is 19.0. The van der Waals surface area contributed by atoms with Crippen LogP contribution >= 0.6 is 0 Å². The molecule has 0 spiro atoms. The third kappa shape index (κ3) is 11.8. The van der Waals surface area contributed by atoms with Gasteiger partial charge in [0.15, 0.2) is 0 Å². The first-order valence-electron chi connectivity index (χ1n) is 17.0. The van der Waals surface area contributed by atoms with E-state index in [0.29, 0.717) is 31.3 Å². The van der Waals surface area contributed by atoms with Crippen LogP contribution in [0.5, 0.6) is 0 Å². The Hall–Kier alpha value is -1.39. The Bertz CT molecular complexity index is 701. The van der Waals surface area contributed by atoms with Gasteiger partial charge in [-0.25, -0.2) is 0 Å². The summed E-state index contributed by atoms with van der Waals surface area (Å²) in [5.74, 6) is 1.75. The number of ketones is 1. The van der Waals surface area contributed by atoms with Crippen molar-refractivity contribution in [1.82, 2.24) is 9.80 Å². The van der Waals surface area contributed by atoms with Gasteiger partial charge in [-0.15, -0.1) is 0 Å². The van der Waals surface area contributed by atoms with Crippen LogP contribution in [0.1, 0.15) is 150 Å². The number of carbonyl (C=O) groups is 3. The van der Waals surface area contributed by atoms with Crippen LogP contribution in [-0.4, -0.2) is 53.6 Å². The summed E-state index contributed by atoms with van der Waals surface area (Å²) in [6.45, 7) is 10.5. The highest BCUT2D eigenvalue weighted by molar-refractivity contribution is 5.86. The van der Waals surface area contributed by atoms with E-state index in [1.165, 1.54) is 70.6 Å². The summed E-state index contributed by atoms with van der Waals surface area (Å²) in [4.78, 5) is 42.7. The molecular formula is C35H64N2O3. The van der Waals surface area contributed by atoms with Crippen LogP contribution in [0.3, 0.4) is 0 Å². The minimum atomic E-state index is -0.196. The molecule has 0 N–H and O–H groups in total. The van der Waals surface area contributed by atoms with Crippen molar-refractivity contribution in [3.8, 4) is 0 Å². The molecule has 5 nitrogen and oxygen atoms in total. The molecule has 4 rings (SSSR count). The van der Waals surface area contributed by atoms with E-state index in [2.05, 4.69) is 27.7 Å². The fourth-order valence-corrected chi connectivity index (χ4v) is 7.23. The molecule has 40 heavy (non-hydrogen) atoms. The summed E-state index contributed by atoms with van der Waals surface area (Å²) < 4.78 is 0. The second-order valence-corrected chi connectivity index (χ2v) is 14.4. The highest BCUT2D eigenvalue weighted by Crippen LogP contribution is 2.37. The highest BCUT2D eigenvalue weighted by atomic mass is 16.2. The van der Waals surface area contributed by atoms with E-state index >= 15 is 0 Å². The van der Waals surface area contributed by atoms with Crippen molar-refractivity contribution < 1.29 is 14.4 Å². The molecular weight excluding hydrogens is 496 g/mol. The first-order valence-corrected chi connectivity index (χ1v) is 17.0. The SMILES string of the molecule is CC(=O)C1CC(C(=O)N(C)C2CCCCC2)CC(C(=O)N(C)C2CCCCC2)C1.CC(C)C.CC1CCCCC1. The molecule has 0 aliphatic heterocycles. The lowest BCUT2D eigenvalue weighted by Crippen LogP contribution is -2.48. The molecule has 0 aromatic carbocycles. The van der Waals surface area contributed by atoms with Gasteiger partial charge in [0.2, 0.25) is 11.8 Å². The molecule has 5 heteroatoms. The van der Waals surface area contributed by atoms with Gasteiger partial charge >= 0.3 is 0 Å². The van der Waals surface area contributed by atoms with Crippen molar-refractivity contribution in [2.24, 2.45) is 29.6 Å². The van der Waals surface area contributed by atoms with Crippen molar-refractivity contribution in [1.29, 1.82) is 0 Å². The first kappa shape index (κ1) is 34.8. The molecule has 0 saturated heterocycles. The molecule has 2 amide bonds. The minimum Gasteiger partial charge on any atom is -0.343 e. The van der Waals surface area contributed by atoms with Gasteiger partial charge in [-0.1, -0.05) is 98.3 Å². The predicted molar refractivity (Wildman–Crippen MR) is 167 cm³/mol. The summed E-state index contributed by atoms with van der Waals surface area (Å²) in [6.07, 6.45) is 20.9. The lowest BCUT2D eigenvalue weighted by Gasteiger charge is -2.40. The Morgan fingerprint density at radius 2 is 0.850 bits per heavy atom. The Kier molecular flexibility index (Phi) is 15.8. The quantitative estimate of drug-likeness (QED) is 0.339. The third-order valence-corrected chi connectivity index (χ3v) is 9.81. The lowest BCUT2D eigenvalue weighted by atomic mass is 9.72. The number of hydrogen-bond donors (Lipinski definition) is 0. The molecule has 0 bridgehead atoms. The maximum absolute atomic E-state index is 13.3. The molecule has 2 atom stereocenters. The largest absolute Gasteiger partial charge is 0.343 e. The van der Waals surface area contributed by atoms with Crippen molar-refractivity contribution in [3.05, 3.63) is 0 Å². The summed E-state index contributed by atoms with van der Waals surface area (Å²) in [5.41, 5.74) is 0. The van der Waals surface area contributed by atoms with Crippen LogP contribution in [0.4, 0.5) is 0 Å². The molecule has 4 aliphatic rings. The zero-order valence-electron chi connectivity index (χ0n) is 27.4. The van der Waals surface area contributed by atoms with Crippen LogP contribution in [0.2, 0.25) is 0 Å². The maximum atomic E-state index is 13.3. The molecule has 2 unspecified atom stereocenters. The average molecular weight is 561 g/mol. The topological polar surface area (TPSA) is 57.7 Å². The fraction of sp³-hybridized carbons (Fsp3) is 0.914. The third-order valence-electron chi connectivity index (χ3n) is 9.81. The van der Waals surface area contributed by atoms with E-state index < -0.39 is 0 Å². The summed E-state index contributed by atoms with van der Waals surface area (Å²) in [7, 11) is 3.86. The van der Waals surface area contributed by atoms with Gasteiger partial charge in [0.05, 0.1) is 0 Å². The Morgan fingerprint density at radius 3 is 1.12 bits per heavy atom. The van der Waals surface area contributed by atoms with Crippen molar-refractivity contribution in [2.75, 3.05) is 14.1 Å². The molecule has 4 saturated carbocycles. The van der Waals surface area contributed by atoms with Crippen LogP contribution in [0, 0.1) is 29.6 Å². The number of Topliss-reactive ketones (excluding diaryl/α,β-unsaturated/α-hetero) is 1. The smallest absolute Gasteiger partial charge is 0.225 e. The van der Waals surface area contributed by atoms with Gasteiger partial charge in [-0.05, 0) is 63.7 Å². The zero-order valence-corrected chi connectivity index (χ0v) is 27.4. The van der Waals surface area contributed by atoms with E-state index in [4.69, 9.17) is 0 Å². The number of hydrogen-bond acceptors (Lipinski definition) is 3. The highest BCUT2D eigenvalue weighted by Gasteiger charge is 2.41. The number of rotatable bonds is 5. The van der Waals surface area contributed by atoms with Gasteiger partial charge in [0.1, 0.15) is 5.78 Å². The average Bonchev–Trinajstić information content (AvgIpc) is 2.96. The monoisotopic (exact) mass is 560 g/mol. The van der Waals surface area contributed by atoms with E-state index in [1.807, 2.05) is 23.9 Å². The second kappa shape index (κ2) is 18.2. The second-order valence-electron chi connectivity index (χ2n) is 14.4. The number of amides is 2. The fourth-order valence-electron chi connectivity index (χ4n) is 7.23. The van der Waals surface area contributed by atoms with Gasteiger partial charge < -0.3 is 9.80 Å². The summed E-state index contributed by atoms with van der Waals surface area (Å²) in [5, 5.41) is 0. The van der Waals surface area contributed by atoms with Gasteiger partial charge in [0.25, 0.3) is 0 Å². The Labute approximate surface area is 247 Å². The predicted octanol–water partition coefficient (Wildman–Crippen LogP) is 8.44. The van der Waals surface area contributed by atoms with Crippen LogP contribution in [0.15, 0.2) is 0 Å². The van der Waals surface area contributed by atoms with Gasteiger partial charge in [0, 0.05) is 43.9 Å². The Morgan fingerprint density at radius 1 is 0.550 bits per heavy atom. The standard InChI is InChI=1S/C24H40N2O3.C7H14.C4H10/c1-17(27)18-14-19(23(28)25(2)21-10-6-4-7-11-21)16-20(15-18)24(29)26(3)22-12-8-5-9-13-22;1-7-5-3-2-4-6-7;1-4(2)3/h18-22H,4-16H2,1-3H3;7H,2-6H2,1H3;4H,1-3H3. The lowest BCUT2D eigenvalue weighted by molar-refractivity contribution is -0.145. The van der Waals surface area contributed by atoms with Crippen LogP contribution in [-0.2, 0) is 14.4 Å². The minimum absolute atomic E-state index is 0.126. The summed E-state index contributed by atoms with van der Waals surface area (Å²) in [6, 6.07) is 0.654. The molecule has 232 valence electrons. The molecule has 0 aromatic heterocycles. The van der Waals surface area contributed by atoms with Crippen LogP contribution in [0.25, 0.3) is 0 Å². The molecule has 0 aromatic rings. The van der Waals surface area contributed by atoms with Gasteiger partial charge in [-0.3, -0.25) is 14.4 Å². The molecule has 4 aliphatic carbocycles.